The molecule has 2 fully saturated rings. The Labute approximate surface area is 139 Å². The number of likely N-dealkylation sites (tertiary alicyclic amines) is 1. The predicted octanol–water partition coefficient (Wildman–Crippen LogP) is 2.11. The molecular weight excluding hydrogens is 286 g/mol. The molecule has 4 heteroatoms. The summed E-state index contributed by atoms with van der Waals surface area (Å²) in [5.74, 6) is 1.04. The van der Waals surface area contributed by atoms with Gasteiger partial charge in [-0.2, -0.15) is 0 Å². The minimum absolute atomic E-state index is 0.0901. The first-order valence-electron chi connectivity index (χ1n) is 8.97. The Morgan fingerprint density at radius 2 is 1.96 bits per heavy atom. The molecule has 0 aromatic heterocycles. The number of rotatable bonds is 5. The number of carbonyl (C=O) groups excluding carboxylic acids is 1. The molecule has 1 unspecified atom stereocenters. The van der Waals surface area contributed by atoms with Crippen LogP contribution in [0.2, 0.25) is 0 Å². The monoisotopic (exact) mass is 315 g/mol. The number of benzene rings is 1. The van der Waals surface area contributed by atoms with Crippen LogP contribution in [-0.4, -0.2) is 55.0 Å². The Morgan fingerprint density at radius 1 is 1.22 bits per heavy atom. The van der Waals surface area contributed by atoms with Crippen LogP contribution < -0.4 is 5.32 Å². The summed E-state index contributed by atoms with van der Waals surface area (Å²) < 4.78 is 0. The maximum absolute atomic E-state index is 12.4. The highest BCUT2D eigenvalue weighted by Gasteiger charge is 2.29. The van der Waals surface area contributed by atoms with Crippen molar-refractivity contribution in [2.75, 3.05) is 33.2 Å². The van der Waals surface area contributed by atoms with Gasteiger partial charge in [0.1, 0.15) is 0 Å². The Morgan fingerprint density at radius 3 is 2.61 bits per heavy atom. The van der Waals surface area contributed by atoms with E-state index in [1.807, 2.05) is 0 Å². The van der Waals surface area contributed by atoms with Crippen LogP contribution in [0.15, 0.2) is 30.3 Å². The molecule has 2 heterocycles. The topological polar surface area (TPSA) is 35.6 Å². The van der Waals surface area contributed by atoms with Crippen molar-refractivity contribution in [3.8, 4) is 0 Å². The number of piperidine rings is 1. The molecule has 0 spiro atoms. The highest BCUT2D eigenvalue weighted by atomic mass is 16.2. The van der Waals surface area contributed by atoms with Crippen LogP contribution >= 0.6 is 0 Å². The normalized spacial score (nSPS) is 22.7. The SMILES string of the molecule is CN(Cc1ccccc1)CC1CCN(C(=O)C2CCCN2)CC1. The Hall–Kier alpha value is -1.39. The van der Waals surface area contributed by atoms with Crippen LogP contribution in [0.3, 0.4) is 0 Å². The molecule has 0 radical (unpaired) electrons. The largest absolute Gasteiger partial charge is 0.341 e. The molecule has 4 nitrogen and oxygen atoms in total. The van der Waals surface area contributed by atoms with E-state index in [2.05, 4.69) is 52.5 Å². The molecular formula is C19H29N3O. The molecule has 2 aliphatic rings. The van der Waals surface area contributed by atoms with Crippen molar-refractivity contribution in [3.63, 3.8) is 0 Å². The van der Waals surface area contributed by atoms with Gasteiger partial charge in [-0.3, -0.25) is 4.79 Å². The lowest BCUT2D eigenvalue weighted by molar-refractivity contribution is -0.134. The third-order valence-electron chi connectivity index (χ3n) is 5.15. The van der Waals surface area contributed by atoms with Gasteiger partial charge in [0, 0.05) is 26.2 Å². The lowest BCUT2D eigenvalue weighted by atomic mass is 9.95. The second-order valence-electron chi connectivity index (χ2n) is 7.10. The van der Waals surface area contributed by atoms with E-state index in [4.69, 9.17) is 0 Å². The minimum atomic E-state index is 0.0901. The van der Waals surface area contributed by atoms with E-state index in [0.717, 1.165) is 58.4 Å². The lowest BCUT2D eigenvalue weighted by Crippen LogP contribution is -2.47. The van der Waals surface area contributed by atoms with Gasteiger partial charge in [0.15, 0.2) is 0 Å². The summed E-state index contributed by atoms with van der Waals surface area (Å²) in [4.78, 5) is 16.9. The van der Waals surface area contributed by atoms with Crippen LogP contribution in [0, 0.1) is 5.92 Å². The van der Waals surface area contributed by atoms with Gasteiger partial charge in [-0.15, -0.1) is 0 Å². The van der Waals surface area contributed by atoms with Crippen LogP contribution in [0.1, 0.15) is 31.2 Å². The van der Waals surface area contributed by atoms with Gasteiger partial charge in [-0.25, -0.2) is 0 Å². The van der Waals surface area contributed by atoms with E-state index in [-0.39, 0.29) is 6.04 Å². The van der Waals surface area contributed by atoms with Crippen molar-refractivity contribution >= 4 is 5.91 Å². The molecule has 2 aliphatic heterocycles. The number of amides is 1. The second-order valence-corrected chi connectivity index (χ2v) is 7.10. The predicted molar refractivity (Wildman–Crippen MR) is 93.1 cm³/mol. The zero-order chi connectivity index (χ0) is 16.1. The maximum atomic E-state index is 12.4. The van der Waals surface area contributed by atoms with E-state index in [0.29, 0.717) is 11.8 Å². The first kappa shape index (κ1) is 16.5. The molecule has 1 aromatic rings. The van der Waals surface area contributed by atoms with Crippen molar-refractivity contribution in [2.24, 2.45) is 5.92 Å². The molecule has 126 valence electrons. The molecule has 2 saturated heterocycles. The molecule has 0 saturated carbocycles. The van der Waals surface area contributed by atoms with Crippen molar-refractivity contribution in [1.29, 1.82) is 0 Å². The molecule has 1 aromatic carbocycles. The summed E-state index contributed by atoms with van der Waals surface area (Å²) in [6.45, 7) is 4.99. The average molecular weight is 315 g/mol. The second kappa shape index (κ2) is 7.93. The quantitative estimate of drug-likeness (QED) is 0.904. The van der Waals surface area contributed by atoms with Crippen LogP contribution in [0.5, 0.6) is 0 Å². The van der Waals surface area contributed by atoms with E-state index < -0.39 is 0 Å². The van der Waals surface area contributed by atoms with Crippen molar-refractivity contribution in [2.45, 2.75) is 38.3 Å². The highest BCUT2D eigenvalue weighted by Crippen LogP contribution is 2.20. The third kappa shape index (κ3) is 4.55. The lowest BCUT2D eigenvalue weighted by Gasteiger charge is -2.35. The van der Waals surface area contributed by atoms with Gasteiger partial charge in [-0.05, 0) is 50.8 Å². The van der Waals surface area contributed by atoms with Gasteiger partial charge in [0.25, 0.3) is 0 Å². The molecule has 1 N–H and O–H groups in total. The van der Waals surface area contributed by atoms with E-state index in [1.54, 1.807) is 0 Å². The third-order valence-corrected chi connectivity index (χ3v) is 5.15. The molecule has 23 heavy (non-hydrogen) atoms. The number of hydrogen-bond donors (Lipinski definition) is 1. The molecule has 1 atom stereocenters. The summed E-state index contributed by atoms with van der Waals surface area (Å²) in [6, 6.07) is 10.7. The Balaban J connectivity index is 1.41. The number of nitrogens with one attached hydrogen (secondary N) is 1. The fourth-order valence-electron chi connectivity index (χ4n) is 3.85. The maximum Gasteiger partial charge on any atom is 0.239 e. The van der Waals surface area contributed by atoms with Crippen molar-refractivity contribution in [3.05, 3.63) is 35.9 Å². The summed E-state index contributed by atoms with van der Waals surface area (Å²) in [5, 5.41) is 3.32. The van der Waals surface area contributed by atoms with Gasteiger partial charge in [0.05, 0.1) is 6.04 Å². The fourth-order valence-corrected chi connectivity index (χ4v) is 3.85. The fraction of sp³-hybridized carbons (Fsp3) is 0.632. The van der Waals surface area contributed by atoms with Gasteiger partial charge < -0.3 is 15.1 Å². The van der Waals surface area contributed by atoms with Crippen LogP contribution in [-0.2, 0) is 11.3 Å². The molecule has 3 rings (SSSR count). The minimum Gasteiger partial charge on any atom is -0.341 e. The Bertz CT molecular complexity index is 491. The zero-order valence-electron chi connectivity index (χ0n) is 14.2. The number of nitrogens with zero attached hydrogens (tertiary/aromatic N) is 2. The summed E-state index contributed by atoms with van der Waals surface area (Å²) in [5.41, 5.74) is 1.37. The first-order valence-corrected chi connectivity index (χ1v) is 8.97. The molecule has 0 aliphatic carbocycles. The highest BCUT2D eigenvalue weighted by molar-refractivity contribution is 5.82. The standard InChI is InChI=1S/C19H29N3O/c1-21(14-16-6-3-2-4-7-16)15-17-9-12-22(13-10-17)19(23)18-8-5-11-20-18/h2-4,6-7,17-18,20H,5,8-15H2,1H3. The Kier molecular flexibility index (Phi) is 5.68. The van der Waals surface area contributed by atoms with Crippen molar-refractivity contribution in [1.82, 2.24) is 15.1 Å². The number of hydrogen-bond acceptors (Lipinski definition) is 3. The summed E-state index contributed by atoms with van der Waals surface area (Å²) >= 11 is 0. The smallest absolute Gasteiger partial charge is 0.239 e. The van der Waals surface area contributed by atoms with E-state index in [1.165, 1.54) is 5.56 Å². The molecule has 0 bridgehead atoms. The molecule has 1 amide bonds. The average Bonchev–Trinajstić information content (AvgIpc) is 3.10. The van der Waals surface area contributed by atoms with Crippen LogP contribution in [0.4, 0.5) is 0 Å². The van der Waals surface area contributed by atoms with Gasteiger partial charge in [-0.1, -0.05) is 30.3 Å². The van der Waals surface area contributed by atoms with E-state index >= 15 is 0 Å². The van der Waals surface area contributed by atoms with Gasteiger partial charge in [0.2, 0.25) is 5.91 Å². The zero-order valence-corrected chi connectivity index (χ0v) is 14.2. The van der Waals surface area contributed by atoms with Crippen molar-refractivity contribution < 1.29 is 4.79 Å². The van der Waals surface area contributed by atoms with Gasteiger partial charge >= 0.3 is 0 Å². The first-order chi connectivity index (χ1) is 11.2. The summed E-state index contributed by atoms with van der Waals surface area (Å²) in [6.07, 6.45) is 4.42. The van der Waals surface area contributed by atoms with Crippen LogP contribution in [0.25, 0.3) is 0 Å². The summed E-state index contributed by atoms with van der Waals surface area (Å²) in [7, 11) is 2.20. The van der Waals surface area contributed by atoms with E-state index in [9.17, 15) is 4.79 Å². The number of carbonyl (C=O) groups is 1.